The second-order valence-electron chi connectivity index (χ2n) is 6.48. The quantitative estimate of drug-likeness (QED) is 0.403. The van der Waals surface area contributed by atoms with E-state index in [1.807, 2.05) is 23.1 Å². The van der Waals surface area contributed by atoms with Gasteiger partial charge in [-0.15, -0.1) is 24.0 Å². The third-order valence-electron chi connectivity index (χ3n) is 4.78. The van der Waals surface area contributed by atoms with Crippen LogP contribution in [0.4, 0.5) is 13.2 Å². The summed E-state index contributed by atoms with van der Waals surface area (Å²) in [6, 6.07) is 8.80. The molecule has 0 radical (unpaired) electrons. The van der Waals surface area contributed by atoms with E-state index in [1.54, 1.807) is 7.05 Å². The van der Waals surface area contributed by atoms with E-state index in [2.05, 4.69) is 29.4 Å². The number of hydrogen-bond donors (Lipinski definition) is 1. The Balaban J connectivity index is 0.00000338. The number of alkyl halides is 3. The fourth-order valence-electron chi connectivity index (χ4n) is 3.00. The van der Waals surface area contributed by atoms with Gasteiger partial charge in [0, 0.05) is 39.8 Å². The number of aliphatic imine (C=N–C) groups is 1. The van der Waals surface area contributed by atoms with Gasteiger partial charge in [0.05, 0.1) is 0 Å². The van der Waals surface area contributed by atoms with E-state index < -0.39 is 12.2 Å². The van der Waals surface area contributed by atoms with E-state index in [1.165, 1.54) is 17.4 Å². The van der Waals surface area contributed by atoms with Crippen LogP contribution in [0.5, 0.6) is 0 Å². The molecule has 0 aromatic heterocycles. The van der Waals surface area contributed by atoms with E-state index in [0.29, 0.717) is 32.1 Å². The van der Waals surface area contributed by atoms with Crippen LogP contribution in [0.1, 0.15) is 25.3 Å². The molecule has 2 unspecified atom stereocenters. The van der Waals surface area contributed by atoms with Gasteiger partial charge in [-0.05, 0) is 18.4 Å². The number of nitrogens with zero attached hydrogens (tertiary/aromatic N) is 3. The maximum Gasteiger partial charge on any atom is 0.403 e. The van der Waals surface area contributed by atoms with Crippen molar-refractivity contribution in [1.29, 1.82) is 0 Å². The van der Waals surface area contributed by atoms with Gasteiger partial charge in [0.2, 0.25) is 0 Å². The predicted octanol–water partition coefficient (Wildman–Crippen LogP) is 3.55. The van der Waals surface area contributed by atoms with Crippen LogP contribution in [0, 0.1) is 0 Å². The molecule has 2 atom stereocenters. The summed E-state index contributed by atoms with van der Waals surface area (Å²) in [6.07, 6.45) is -4.17. The van der Waals surface area contributed by atoms with Crippen LogP contribution in [0.3, 0.4) is 0 Å². The van der Waals surface area contributed by atoms with Gasteiger partial charge in [0.25, 0.3) is 0 Å². The van der Waals surface area contributed by atoms with Crippen molar-refractivity contribution in [3.8, 4) is 0 Å². The molecule has 1 fully saturated rings. The topological polar surface area (TPSA) is 30.9 Å². The molecule has 8 heteroatoms. The highest BCUT2D eigenvalue weighted by Crippen LogP contribution is 2.25. The first-order valence-corrected chi connectivity index (χ1v) is 8.64. The summed E-state index contributed by atoms with van der Waals surface area (Å²) in [7, 11) is 1.71. The molecule has 26 heavy (non-hydrogen) atoms. The summed E-state index contributed by atoms with van der Waals surface area (Å²) in [5.74, 6) is 1.08. The molecule has 0 amide bonds. The summed E-state index contributed by atoms with van der Waals surface area (Å²) >= 11 is 0. The van der Waals surface area contributed by atoms with Gasteiger partial charge in [-0.2, -0.15) is 13.2 Å². The Morgan fingerprint density at radius 2 is 1.69 bits per heavy atom. The zero-order chi connectivity index (χ0) is 18.4. The van der Waals surface area contributed by atoms with Crippen LogP contribution < -0.4 is 5.32 Å². The molecule has 0 aliphatic carbocycles. The average molecular weight is 484 g/mol. The summed E-state index contributed by atoms with van der Waals surface area (Å²) in [6.45, 7) is 5.95. The summed E-state index contributed by atoms with van der Waals surface area (Å²) in [5.41, 5.74) is 1.24. The molecule has 0 saturated carbocycles. The maximum atomic E-state index is 12.8. The number of hydrogen-bond acceptors (Lipinski definition) is 2. The lowest BCUT2D eigenvalue weighted by Gasteiger charge is -2.39. The lowest BCUT2D eigenvalue weighted by atomic mass is 10.0. The average Bonchev–Trinajstić information content (AvgIpc) is 2.62. The van der Waals surface area contributed by atoms with Gasteiger partial charge in [0.1, 0.15) is 6.04 Å². The van der Waals surface area contributed by atoms with Crippen molar-refractivity contribution in [2.24, 2.45) is 4.99 Å². The van der Waals surface area contributed by atoms with Gasteiger partial charge in [0.15, 0.2) is 5.96 Å². The highest BCUT2D eigenvalue weighted by Gasteiger charge is 2.41. The molecule has 1 heterocycles. The van der Waals surface area contributed by atoms with Crippen LogP contribution in [-0.4, -0.2) is 67.7 Å². The lowest BCUT2D eigenvalue weighted by molar-refractivity contribution is -0.181. The maximum absolute atomic E-state index is 12.8. The van der Waals surface area contributed by atoms with Crippen LogP contribution in [0.25, 0.3) is 0 Å². The van der Waals surface area contributed by atoms with Crippen LogP contribution in [0.15, 0.2) is 35.3 Å². The first kappa shape index (κ1) is 23.0. The summed E-state index contributed by atoms with van der Waals surface area (Å²) < 4.78 is 38.5. The van der Waals surface area contributed by atoms with Crippen LogP contribution in [-0.2, 0) is 0 Å². The number of piperazine rings is 1. The number of rotatable bonds is 4. The molecule has 1 N–H and O–H groups in total. The summed E-state index contributed by atoms with van der Waals surface area (Å²) in [5, 5.41) is 3.35. The van der Waals surface area contributed by atoms with Crippen LogP contribution >= 0.6 is 24.0 Å². The molecule has 1 saturated heterocycles. The summed E-state index contributed by atoms with van der Waals surface area (Å²) in [4.78, 5) is 7.79. The SMILES string of the molecule is CN=C(NCC(C)c1ccccc1)N1CCN(C(C)C(F)(F)F)CC1.I. The van der Waals surface area contributed by atoms with E-state index >= 15 is 0 Å². The standard InChI is InChI=1S/C18H27F3N4.HI/c1-14(16-7-5-4-6-8-16)13-23-17(22-3)25-11-9-24(10-12-25)15(2)18(19,20)21;/h4-8,14-15H,9-13H2,1-3H3,(H,22,23);1H. The molecular formula is C18H28F3IN4. The normalized spacial score (nSPS) is 18.8. The second kappa shape index (κ2) is 10.3. The monoisotopic (exact) mass is 484 g/mol. The zero-order valence-corrected chi connectivity index (χ0v) is 17.8. The Kier molecular flexibility index (Phi) is 9.15. The minimum Gasteiger partial charge on any atom is -0.356 e. The Morgan fingerprint density at radius 1 is 1.12 bits per heavy atom. The molecule has 0 spiro atoms. The van der Waals surface area contributed by atoms with Gasteiger partial charge in [-0.25, -0.2) is 0 Å². The number of halogens is 4. The Bertz CT molecular complexity index is 557. The first-order valence-electron chi connectivity index (χ1n) is 8.64. The highest BCUT2D eigenvalue weighted by molar-refractivity contribution is 14.0. The zero-order valence-electron chi connectivity index (χ0n) is 15.5. The minimum absolute atomic E-state index is 0. The second-order valence-corrected chi connectivity index (χ2v) is 6.48. The smallest absolute Gasteiger partial charge is 0.356 e. The van der Waals surface area contributed by atoms with Crippen molar-refractivity contribution in [2.45, 2.75) is 32.0 Å². The molecule has 0 bridgehead atoms. The van der Waals surface area contributed by atoms with E-state index in [9.17, 15) is 13.2 Å². The van der Waals surface area contributed by atoms with Crippen molar-refractivity contribution >= 4 is 29.9 Å². The Morgan fingerprint density at radius 3 is 2.19 bits per heavy atom. The van der Waals surface area contributed by atoms with Crippen molar-refractivity contribution in [3.05, 3.63) is 35.9 Å². The van der Waals surface area contributed by atoms with E-state index in [4.69, 9.17) is 0 Å². The molecule has 2 rings (SSSR count). The number of benzene rings is 1. The molecule has 148 valence electrons. The van der Waals surface area contributed by atoms with E-state index in [0.717, 1.165) is 12.5 Å². The lowest BCUT2D eigenvalue weighted by Crippen LogP contribution is -2.57. The van der Waals surface area contributed by atoms with Gasteiger partial charge in [-0.1, -0.05) is 37.3 Å². The third-order valence-corrected chi connectivity index (χ3v) is 4.78. The van der Waals surface area contributed by atoms with Crippen molar-refractivity contribution in [1.82, 2.24) is 15.1 Å². The van der Waals surface area contributed by atoms with Crippen molar-refractivity contribution in [2.75, 3.05) is 39.8 Å². The Labute approximate surface area is 170 Å². The van der Waals surface area contributed by atoms with E-state index in [-0.39, 0.29) is 24.0 Å². The Hall–Kier alpha value is -1.03. The fraction of sp³-hybridized carbons (Fsp3) is 0.611. The first-order chi connectivity index (χ1) is 11.8. The minimum atomic E-state index is -4.17. The van der Waals surface area contributed by atoms with Gasteiger partial charge >= 0.3 is 6.18 Å². The van der Waals surface area contributed by atoms with Crippen molar-refractivity contribution in [3.63, 3.8) is 0 Å². The number of guanidine groups is 1. The van der Waals surface area contributed by atoms with Crippen molar-refractivity contribution < 1.29 is 13.2 Å². The number of nitrogens with one attached hydrogen (secondary N) is 1. The highest BCUT2D eigenvalue weighted by atomic mass is 127. The molecule has 1 aliphatic heterocycles. The molecule has 1 aliphatic rings. The van der Waals surface area contributed by atoms with Gasteiger partial charge in [-0.3, -0.25) is 9.89 Å². The predicted molar refractivity (Wildman–Crippen MR) is 110 cm³/mol. The van der Waals surface area contributed by atoms with Gasteiger partial charge < -0.3 is 10.2 Å². The molecule has 4 nitrogen and oxygen atoms in total. The largest absolute Gasteiger partial charge is 0.403 e. The fourth-order valence-corrected chi connectivity index (χ4v) is 3.00. The molecule has 1 aromatic rings. The molecular weight excluding hydrogens is 456 g/mol. The third kappa shape index (κ3) is 6.29. The molecule has 1 aromatic carbocycles. The van der Waals surface area contributed by atoms with Crippen LogP contribution in [0.2, 0.25) is 0 Å².